The number of urea groups is 1. The Kier molecular flexibility index (Phi) is 3.34. The number of hydrogen-bond donors (Lipinski definition) is 2. The zero-order chi connectivity index (χ0) is 12.1. The van der Waals surface area contributed by atoms with Crippen LogP contribution in [-0.2, 0) is 13.6 Å². The van der Waals surface area contributed by atoms with Gasteiger partial charge in [-0.05, 0) is 12.1 Å². The number of nitrogens with zero attached hydrogens (tertiary/aromatic N) is 3. The molecule has 0 aliphatic heterocycles. The maximum atomic E-state index is 11.5. The summed E-state index contributed by atoms with van der Waals surface area (Å²) >= 11 is 0. The molecule has 2 N–H and O–H groups in total. The fourth-order valence-corrected chi connectivity index (χ4v) is 1.33. The van der Waals surface area contributed by atoms with Crippen molar-refractivity contribution >= 4 is 11.8 Å². The first-order chi connectivity index (χ1) is 8.25. The monoisotopic (exact) mass is 231 g/mol. The van der Waals surface area contributed by atoms with Crippen molar-refractivity contribution in [3.8, 4) is 0 Å². The number of carbonyl (C=O) groups excluding carboxylic acids is 1. The van der Waals surface area contributed by atoms with Crippen LogP contribution in [0.2, 0.25) is 0 Å². The van der Waals surface area contributed by atoms with Crippen LogP contribution in [0.1, 0.15) is 5.69 Å². The van der Waals surface area contributed by atoms with Crippen molar-refractivity contribution in [1.82, 2.24) is 20.1 Å². The molecule has 0 unspecified atom stereocenters. The lowest BCUT2D eigenvalue weighted by Crippen LogP contribution is -2.29. The number of aryl methyl sites for hydroxylation is 1. The number of pyridine rings is 1. The maximum Gasteiger partial charge on any atom is 0.320 e. The molecule has 0 radical (unpaired) electrons. The Morgan fingerprint density at radius 3 is 2.88 bits per heavy atom. The van der Waals surface area contributed by atoms with Gasteiger partial charge in [0.2, 0.25) is 0 Å². The summed E-state index contributed by atoms with van der Waals surface area (Å²) in [4.78, 5) is 15.7. The molecule has 6 heteroatoms. The molecule has 6 nitrogen and oxygen atoms in total. The first-order valence-electron chi connectivity index (χ1n) is 5.18. The molecule has 0 aromatic carbocycles. The SMILES string of the molecule is Cn1nccc1NC(=O)NCc1ccccn1. The second kappa shape index (κ2) is 5.11. The lowest BCUT2D eigenvalue weighted by molar-refractivity contribution is 0.251. The molecule has 2 heterocycles. The third-order valence-corrected chi connectivity index (χ3v) is 2.22. The van der Waals surface area contributed by atoms with Gasteiger partial charge in [-0.25, -0.2) is 4.79 Å². The summed E-state index contributed by atoms with van der Waals surface area (Å²) in [5, 5.41) is 9.34. The molecule has 0 spiro atoms. The van der Waals surface area contributed by atoms with E-state index in [-0.39, 0.29) is 6.03 Å². The minimum Gasteiger partial charge on any atom is -0.332 e. The molecule has 2 rings (SSSR count). The minimum atomic E-state index is -0.278. The summed E-state index contributed by atoms with van der Waals surface area (Å²) in [6, 6.07) is 7.01. The summed E-state index contributed by atoms with van der Waals surface area (Å²) in [6.07, 6.45) is 3.31. The van der Waals surface area contributed by atoms with Crippen molar-refractivity contribution in [1.29, 1.82) is 0 Å². The van der Waals surface area contributed by atoms with Crippen molar-refractivity contribution < 1.29 is 4.79 Å². The van der Waals surface area contributed by atoms with Crippen molar-refractivity contribution in [2.24, 2.45) is 7.05 Å². The lowest BCUT2D eigenvalue weighted by Gasteiger charge is -2.06. The number of anilines is 1. The molecule has 88 valence electrons. The van der Waals surface area contributed by atoms with Crippen LogP contribution in [0.3, 0.4) is 0 Å². The first kappa shape index (κ1) is 11.1. The standard InChI is InChI=1S/C11H13N5O/c1-16-10(5-7-14-16)15-11(17)13-8-9-4-2-3-6-12-9/h2-7H,8H2,1H3,(H2,13,15,17). The highest BCUT2D eigenvalue weighted by molar-refractivity contribution is 5.88. The van der Waals surface area contributed by atoms with Gasteiger partial charge in [0.15, 0.2) is 0 Å². The highest BCUT2D eigenvalue weighted by Crippen LogP contribution is 2.02. The van der Waals surface area contributed by atoms with E-state index in [0.717, 1.165) is 5.69 Å². The quantitative estimate of drug-likeness (QED) is 0.832. The summed E-state index contributed by atoms with van der Waals surface area (Å²) in [5.41, 5.74) is 0.813. The van der Waals surface area contributed by atoms with E-state index in [4.69, 9.17) is 0 Å². The number of aromatic nitrogens is 3. The summed E-state index contributed by atoms with van der Waals surface area (Å²) in [7, 11) is 1.76. The number of rotatable bonds is 3. The predicted octanol–water partition coefficient (Wildman–Crippen LogP) is 1.14. The Balaban J connectivity index is 1.85. The zero-order valence-electron chi connectivity index (χ0n) is 9.42. The Morgan fingerprint density at radius 1 is 1.35 bits per heavy atom. The third kappa shape index (κ3) is 3.04. The Morgan fingerprint density at radius 2 is 2.24 bits per heavy atom. The summed E-state index contributed by atoms with van der Waals surface area (Å²) in [5.74, 6) is 0.642. The molecule has 0 aliphatic carbocycles. The molecular weight excluding hydrogens is 218 g/mol. The second-order valence-electron chi connectivity index (χ2n) is 3.47. The molecule has 2 amide bonds. The van der Waals surface area contributed by atoms with Gasteiger partial charge in [0.1, 0.15) is 5.82 Å². The van der Waals surface area contributed by atoms with E-state index in [2.05, 4.69) is 20.7 Å². The van der Waals surface area contributed by atoms with Gasteiger partial charge in [0.05, 0.1) is 18.4 Å². The number of nitrogens with one attached hydrogen (secondary N) is 2. The van der Waals surface area contributed by atoms with Crippen molar-refractivity contribution in [3.05, 3.63) is 42.4 Å². The first-order valence-corrected chi connectivity index (χ1v) is 5.18. The van der Waals surface area contributed by atoms with Crippen LogP contribution >= 0.6 is 0 Å². The van der Waals surface area contributed by atoms with Gasteiger partial charge in [0, 0.05) is 19.3 Å². The molecule has 0 saturated heterocycles. The lowest BCUT2D eigenvalue weighted by atomic mass is 10.3. The molecule has 17 heavy (non-hydrogen) atoms. The van der Waals surface area contributed by atoms with E-state index in [9.17, 15) is 4.79 Å². The van der Waals surface area contributed by atoms with E-state index in [1.807, 2.05) is 18.2 Å². The van der Waals surface area contributed by atoms with E-state index >= 15 is 0 Å². The molecule has 0 bridgehead atoms. The van der Waals surface area contributed by atoms with Crippen molar-refractivity contribution in [3.63, 3.8) is 0 Å². The Bertz CT molecular complexity index is 494. The average Bonchev–Trinajstić information content (AvgIpc) is 2.74. The highest BCUT2D eigenvalue weighted by atomic mass is 16.2. The van der Waals surface area contributed by atoms with Gasteiger partial charge in [0.25, 0.3) is 0 Å². The average molecular weight is 231 g/mol. The predicted molar refractivity (Wildman–Crippen MR) is 63.3 cm³/mol. The largest absolute Gasteiger partial charge is 0.332 e. The van der Waals surface area contributed by atoms with E-state index in [1.54, 1.807) is 30.2 Å². The highest BCUT2D eigenvalue weighted by Gasteiger charge is 2.04. The number of amides is 2. The Hall–Kier alpha value is -2.37. The van der Waals surface area contributed by atoms with Crippen LogP contribution in [0.15, 0.2) is 36.7 Å². The van der Waals surface area contributed by atoms with Crippen LogP contribution in [0.25, 0.3) is 0 Å². The fraction of sp³-hybridized carbons (Fsp3) is 0.182. The molecule has 2 aromatic heterocycles. The van der Waals surface area contributed by atoms with Crippen molar-refractivity contribution in [2.45, 2.75) is 6.54 Å². The van der Waals surface area contributed by atoms with Crippen LogP contribution in [0.5, 0.6) is 0 Å². The summed E-state index contributed by atoms with van der Waals surface area (Å²) < 4.78 is 1.58. The molecule has 0 saturated carbocycles. The van der Waals surface area contributed by atoms with Crippen LogP contribution < -0.4 is 10.6 Å². The molecule has 0 fully saturated rings. The third-order valence-electron chi connectivity index (χ3n) is 2.22. The van der Waals surface area contributed by atoms with Crippen LogP contribution in [0, 0.1) is 0 Å². The topological polar surface area (TPSA) is 71.8 Å². The normalized spacial score (nSPS) is 9.94. The van der Waals surface area contributed by atoms with E-state index < -0.39 is 0 Å². The molecule has 0 aliphatic rings. The van der Waals surface area contributed by atoms with Gasteiger partial charge in [-0.15, -0.1) is 0 Å². The number of hydrogen-bond acceptors (Lipinski definition) is 3. The van der Waals surface area contributed by atoms with E-state index in [1.165, 1.54) is 0 Å². The molecule has 0 atom stereocenters. The minimum absolute atomic E-state index is 0.278. The smallest absolute Gasteiger partial charge is 0.320 e. The van der Waals surface area contributed by atoms with Gasteiger partial charge in [-0.3, -0.25) is 15.0 Å². The van der Waals surface area contributed by atoms with Gasteiger partial charge < -0.3 is 5.32 Å². The van der Waals surface area contributed by atoms with Gasteiger partial charge >= 0.3 is 6.03 Å². The Labute approximate surface area is 98.7 Å². The summed E-state index contributed by atoms with van der Waals surface area (Å²) in [6.45, 7) is 0.393. The van der Waals surface area contributed by atoms with Crippen LogP contribution in [-0.4, -0.2) is 20.8 Å². The van der Waals surface area contributed by atoms with Gasteiger partial charge in [-0.2, -0.15) is 5.10 Å². The zero-order valence-corrected chi connectivity index (χ0v) is 9.42. The molecular formula is C11H13N5O. The fourth-order valence-electron chi connectivity index (χ4n) is 1.33. The van der Waals surface area contributed by atoms with E-state index in [0.29, 0.717) is 12.4 Å². The van der Waals surface area contributed by atoms with Crippen LogP contribution in [0.4, 0.5) is 10.6 Å². The maximum absolute atomic E-state index is 11.5. The van der Waals surface area contributed by atoms with Gasteiger partial charge in [-0.1, -0.05) is 6.07 Å². The number of carbonyl (C=O) groups is 1. The van der Waals surface area contributed by atoms with Crippen molar-refractivity contribution in [2.75, 3.05) is 5.32 Å². The molecule has 2 aromatic rings. The second-order valence-corrected chi connectivity index (χ2v) is 3.47.